The van der Waals surface area contributed by atoms with E-state index in [1.54, 1.807) is 18.3 Å². The Balaban J connectivity index is 2.04. The third kappa shape index (κ3) is 7.98. The smallest absolute Gasteiger partial charge is 0.332 e. The minimum atomic E-state index is -0.784. The molecule has 1 aromatic rings. The van der Waals surface area contributed by atoms with Crippen molar-refractivity contribution >= 4 is 17.8 Å². The molecule has 7 heteroatoms. The Labute approximate surface area is 128 Å². The summed E-state index contributed by atoms with van der Waals surface area (Å²) in [5, 5.41) is 8.48. The molecule has 0 spiro atoms. The third-order valence-corrected chi connectivity index (χ3v) is 2.95. The summed E-state index contributed by atoms with van der Waals surface area (Å²) in [5.41, 5.74) is 2.39. The summed E-state index contributed by atoms with van der Waals surface area (Å²) in [6, 6.07) is 3.17. The summed E-state index contributed by atoms with van der Waals surface area (Å²) in [6.07, 6.45) is 7.15. The van der Waals surface area contributed by atoms with Crippen molar-refractivity contribution in [1.82, 2.24) is 10.5 Å². The van der Waals surface area contributed by atoms with E-state index >= 15 is 0 Å². The fourth-order valence-electron chi connectivity index (χ4n) is 1.79. The van der Waals surface area contributed by atoms with Gasteiger partial charge in [-0.2, -0.15) is 5.48 Å². The fraction of sp³-hybridized carbons (Fsp3) is 0.467. The molecular formula is C15H20N2O5. The van der Waals surface area contributed by atoms with Crippen LogP contribution in [0.25, 0.3) is 0 Å². The highest BCUT2D eigenvalue weighted by Crippen LogP contribution is 2.07. The van der Waals surface area contributed by atoms with Gasteiger partial charge in [-0.3, -0.25) is 14.6 Å². The number of amides is 1. The molecule has 1 amide bonds. The number of hydrogen-bond donors (Lipinski definition) is 2. The van der Waals surface area contributed by atoms with Crippen molar-refractivity contribution in [2.24, 2.45) is 0 Å². The van der Waals surface area contributed by atoms with E-state index in [4.69, 9.17) is 5.11 Å². The number of aliphatic carboxylic acids is 1. The van der Waals surface area contributed by atoms with Crippen molar-refractivity contribution in [1.29, 1.82) is 0 Å². The summed E-state index contributed by atoms with van der Waals surface area (Å²) >= 11 is 0. The van der Waals surface area contributed by atoms with E-state index in [2.05, 4.69) is 15.3 Å². The van der Waals surface area contributed by atoms with Crippen LogP contribution in [0.5, 0.6) is 0 Å². The molecule has 0 aliphatic heterocycles. The number of carbonyl (C=O) groups excluding carboxylic acids is 2. The summed E-state index contributed by atoms with van der Waals surface area (Å²) < 4.78 is 0. The number of nitrogens with one attached hydrogen (secondary N) is 1. The van der Waals surface area contributed by atoms with Crippen LogP contribution >= 0.6 is 0 Å². The zero-order valence-electron chi connectivity index (χ0n) is 12.3. The zero-order valence-corrected chi connectivity index (χ0v) is 12.3. The van der Waals surface area contributed by atoms with Gasteiger partial charge >= 0.3 is 11.9 Å². The number of nitrogens with zero attached hydrogens (tertiary/aromatic N) is 1. The summed E-state index contributed by atoms with van der Waals surface area (Å²) in [7, 11) is 0. The molecule has 2 N–H and O–H groups in total. The second-order valence-corrected chi connectivity index (χ2v) is 4.81. The van der Waals surface area contributed by atoms with E-state index in [-0.39, 0.29) is 12.8 Å². The molecule has 0 saturated carbocycles. The number of hydrogen-bond acceptors (Lipinski definition) is 5. The van der Waals surface area contributed by atoms with Crippen LogP contribution in [0.1, 0.15) is 55.3 Å². The summed E-state index contributed by atoms with van der Waals surface area (Å²) in [4.78, 5) is 41.8. The van der Waals surface area contributed by atoms with Gasteiger partial charge < -0.3 is 9.94 Å². The quantitative estimate of drug-likeness (QED) is 0.534. The van der Waals surface area contributed by atoms with Gasteiger partial charge in [0.1, 0.15) is 0 Å². The lowest BCUT2D eigenvalue weighted by molar-refractivity contribution is -0.149. The highest BCUT2D eigenvalue weighted by molar-refractivity contribution is 5.93. The maximum atomic E-state index is 11.6. The molecule has 1 rings (SSSR count). The van der Waals surface area contributed by atoms with Crippen LogP contribution in [0.2, 0.25) is 0 Å². The van der Waals surface area contributed by atoms with Crippen LogP contribution in [0, 0.1) is 0 Å². The number of rotatable bonds is 9. The second kappa shape index (κ2) is 10.3. The first-order chi connectivity index (χ1) is 10.6. The normalized spacial score (nSPS) is 10.0. The molecule has 0 bridgehead atoms. The monoisotopic (exact) mass is 308 g/mol. The average Bonchev–Trinajstić information content (AvgIpc) is 2.52. The molecule has 120 valence electrons. The van der Waals surface area contributed by atoms with Crippen LogP contribution < -0.4 is 5.48 Å². The minimum absolute atomic E-state index is 0.183. The van der Waals surface area contributed by atoms with Gasteiger partial charge in [0.25, 0.3) is 5.91 Å². The van der Waals surface area contributed by atoms with Crippen LogP contribution in [0.3, 0.4) is 0 Å². The van der Waals surface area contributed by atoms with Crippen molar-refractivity contribution in [3.63, 3.8) is 0 Å². The SMILES string of the molecule is O=C(O)CCCCCCCC(=O)ONC(=O)c1cccnc1. The van der Waals surface area contributed by atoms with Crippen molar-refractivity contribution in [3.8, 4) is 0 Å². The van der Waals surface area contributed by atoms with Crippen molar-refractivity contribution in [2.45, 2.75) is 44.9 Å². The molecular weight excluding hydrogens is 288 g/mol. The minimum Gasteiger partial charge on any atom is -0.481 e. The Hall–Kier alpha value is -2.44. The van der Waals surface area contributed by atoms with Gasteiger partial charge in [0.2, 0.25) is 0 Å². The molecule has 0 aliphatic carbocycles. The van der Waals surface area contributed by atoms with E-state index in [1.807, 2.05) is 0 Å². The first kappa shape index (κ1) is 17.6. The molecule has 0 atom stereocenters. The van der Waals surface area contributed by atoms with E-state index in [9.17, 15) is 14.4 Å². The Morgan fingerprint density at radius 2 is 1.77 bits per heavy atom. The topological polar surface area (TPSA) is 106 Å². The van der Waals surface area contributed by atoms with Gasteiger partial charge in [-0.15, -0.1) is 0 Å². The molecule has 0 aromatic carbocycles. The molecule has 22 heavy (non-hydrogen) atoms. The van der Waals surface area contributed by atoms with E-state index in [0.717, 1.165) is 19.3 Å². The average molecular weight is 308 g/mol. The number of pyridine rings is 1. The van der Waals surface area contributed by atoms with Gasteiger partial charge in [-0.1, -0.05) is 19.3 Å². The Morgan fingerprint density at radius 3 is 2.41 bits per heavy atom. The number of aromatic nitrogens is 1. The predicted molar refractivity (Wildman–Crippen MR) is 77.8 cm³/mol. The van der Waals surface area contributed by atoms with Gasteiger partial charge in [-0.05, 0) is 25.0 Å². The zero-order chi connectivity index (χ0) is 16.2. The Morgan fingerprint density at radius 1 is 1.09 bits per heavy atom. The molecule has 0 aliphatic rings. The van der Waals surface area contributed by atoms with Gasteiger partial charge in [0.05, 0.1) is 5.56 Å². The lowest BCUT2D eigenvalue weighted by Crippen LogP contribution is -2.27. The largest absolute Gasteiger partial charge is 0.481 e. The summed E-state index contributed by atoms with van der Waals surface area (Å²) in [6.45, 7) is 0. The Kier molecular flexibility index (Phi) is 8.25. The van der Waals surface area contributed by atoms with Crippen LogP contribution in [-0.4, -0.2) is 27.9 Å². The van der Waals surface area contributed by atoms with E-state index < -0.39 is 17.8 Å². The lowest BCUT2D eigenvalue weighted by atomic mass is 10.1. The van der Waals surface area contributed by atoms with Crippen molar-refractivity contribution in [3.05, 3.63) is 30.1 Å². The fourth-order valence-corrected chi connectivity index (χ4v) is 1.79. The molecule has 0 saturated heterocycles. The highest BCUT2D eigenvalue weighted by Gasteiger charge is 2.08. The second-order valence-electron chi connectivity index (χ2n) is 4.81. The number of carboxylic acid groups (broad SMARTS) is 1. The van der Waals surface area contributed by atoms with E-state index in [0.29, 0.717) is 18.4 Å². The number of carbonyl (C=O) groups is 3. The molecule has 1 aromatic heterocycles. The number of unbranched alkanes of at least 4 members (excludes halogenated alkanes) is 4. The first-order valence-electron chi connectivity index (χ1n) is 7.21. The maximum Gasteiger partial charge on any atom is 0.332 e. The van der Waals surface area contributed by atoms with E-state index in [1.165, 1.54) is 6.20 Å². The first-order valence-corrected chi connectivity index (χ1v) is 7.21. The molecule has 1 heterocycles. The van der Waals surface area contributed by atoms with Crippen molar-refractivity contribution < 1.29 is 24.3 Å². The van der Waals surface area contributed by atoms with Crippen LogP contribution in [0.15, 0.2) is 24.5 Å². The lowest BCUT2D eigenvalue weighted by Gasteiger charge is -2.05. The number of carboxylic acids is 1. The molecule has 7 nitrogen and oxygen atoms in total. The van der Waals surface area contributed by atoms with Crippen molar-refractivity contribution in [2.75, 3.05) is 0 Å². The molecule has 0 unspecified atom stereocenters. The van der Waals surface area contributed by atoms with Gasteiger partial charge in [0.15, 0.2) is 0 Å². The summed E-state index contributed by atoms with van der Waals surface area (Å²) in [5.74, 6) is -1.80. The predicted octanol–water partition coefficient (Wildman–Crippen LogP) is 2.08. The van der Waals surface area contributed by atoms with Crippen LogP contribution in [0.4, 0.5) is 0 Å². The standard InChI is InChI=1S/C15H20N2O5/c18-13(19)8-4-2-1-3-5-9-14(20)22-17-15(21)12-7-6-10-16-11-12/h6-7,10-11H,1-5,8-9H2,(H,17,21)(H,18,19). The third-order valence-electron chi connectivity index (χ3n) is 2.95. The Bertz CT molecular complexity index is 490. The highest BCUT2D eigenvalue weighted by atomic mass is 16.7. The van der Waals surface area contributed by atoms with Crippen LogP contribution in [-0.2, 0) is 14.4 Å². The molecule has 0 radical (unpaired) electrons. The van der Waals surface area contributed by atoms with Gasteiger partial charge in [-0.25, -0.2) is 4.79 Å². The molecule has 0 fully saturated rings. The number of hydroxylamine groups is 1. The van der Waals surface area contributed by atoms with Gasteiger partial charge in [0, 0.05) is 25.2 Å². The maximum absolute atomic E-state index is 11.6.